The van der Waals surface area contributed by atoms with Crippen LogP contribution in [-0.4, -0.2) is 8.76 Å². The highest BCUT2D eigenvalue weighted by Crippen LogP contribution is 2.23. The predicted octanol–water partition coefficient (Wildman–Crippen LogP) is 2.30. The van der Waals surface area contributed by atoms with E-state index in [0.717, 1.165) is 15.6 Å². The fourth-order valence-electron chi connectivity index (χ4n) is 0.943. The molecule has 0 N–H and O–H groups in total. The normalized spacial score (nSPS) is 13.0. The second-order valence-electron chi connectivity index (χ2n) is 2.53. The monoisotopic (exact) mass is 247 g/mol. The van der Waals surface area contributed by atoms with E-state index in [1.807, 2.05) is 6.92 Å². The number of hydrogen-bond acceptors (Lipinski definition) is 2. The average molecular weight is 248 g/mol. The summed E-state index contributed by atoms with van der Waals surface area (Å²) in [5.41, 5.74) is 1.77. The van der Waals surface area contributed by atoms with Gasteiger partial charge < -0.3 is 4.55 Å². The van der Waals surface area contributed by atoms with Crippen LogP contribution in [0.3, 0.4) is 0 Å². The molecule has 1 rings (SSSR count). The Kier molecular flexibility index (Phi) is 3.04. The van der Waals surface area contributed by atoms with Gasteiger partial charge in [-0.1, -0.05) is 15.9 Å². The lowest BCUT2D eigenvalue weighted by Crippen LogP contribution is -1.95. The third-order valence-electron chi connectivity index (χ3n) is 1.85. The van der Waals surface area contributed by atoms with Gasteiger partial charge in [0.2, 0.25) is 0 Å². The largest absolute Gasteiger partial charge is 0.768 e. The highest BCUT2D eigenvalue weighted by atomic mass is 79.9. The molecule has 0 amide bonds. The zero-order chi connectivity index (χ0) is 9.30. The van der Waals surface area contributed by atoms with Crippen LogP contribution in [0.4, 0.5) is 0 Å². The molecular weight excluding hydrogens is 240 g/mol. The number of halogens is 1. The molecule has 2 nitrogen and oxygen atoms in total. The minimum atomic E-state index is -2.13. The first kappa shape index (κ1) is 9.89. The molecular formula is C8H8BrO2S-. The van der Waals surface area contributed by atoms with E-state index < -0.39 is 11.1 Å². The van der Waals surface area contributed by atoms with Gasteiger partial charge in [0, 0.05) is 9.37 Å². The second-order valence-corrected chi connectivity index (χ2v) is 4.29. The van der Waals surface area contributed by atoms with Crippen LogP contribution in [-0.2, 0) is 11.1 Å². The van der Waals surface area contributed by atoms with E-state index in [4.69, 9.17) is 0 Å². The molecule has 0 bridgehead atoms. The molecule has 1 atom stereocenters. The summed E-state index contributed by atoms with van der Waals surface area (Å²) in [4.78, 5) is 0.371. The van der Waals surface area contributed by atoms with Crippen LogP contribution in [0.5, 0.6) is 0 Å². The third kappa shape index (κ3) is 1.76. The summed E-state index contributed by atoms with van der Waals surface area (Å²) in [6.45, 7) is 3.68. The quantitative estimate of drug-likeness (QED) is 0.715. The van der Waals surface area contributed by atoms with E-state index >= 15 is 0 Å². The molecule has 0 radical (unpaired) electrons. The minimum Gasteiger partial charge on any atom is -0.768 e. The molecule has 0 saturated carbocycles. The molecule has 4 heteroatoms. The summed E-state index contributed by atoms with van der Waals surface area (Å²) in [6.07, 6.45) is 0. The van der Waals surface area contributed by atoms with Gasteiger partial charge in [-0.05, 0) is 48.2 Å². The lowest BCUT2D eigenvalue weighted by atomic mass is 10.1. The maximum atomic E-state index is 10.7. The van der Waals surface area contributed by atoms with Crippen LogP contribution >= 0.6 is 15.9 Å². The van der Waals surface area contributed by atoms with Crippen molar-refractivity contribution < 1.29 is 8.76 Å². The topological polar surface area (TPSA) is 40.1 Å². The van der Waals surface area contributed by atoms with E-state index in [0.29, 0.717) is 4.90 Å². The van der Waals surface area contributed by atoms with Gasteiger partial charge in [-0.3, -0.25) is 4.21 Å². The van der Waals surface area contributed by atoms with Crippen molar-refractivity contribution >= 4 is 27.0 Å². The standard InChI is InChI=1S/C8H9BrO2S/c1-5-6(2)8(12(10)11)4-3-7(5)9/h3-4H,1-2H3,(H,10,11)/p-1. The molecule has 0 aromatic heterocycles. The van der Waals surface area contributed by atoms with E-state index in [1.165, 1.54) is 0 Å². The van der Waals surface area contributed by atoms with E-state index in [1.54, 1.807) is 19.1 Å². The second kappa shape index (κ2) is 3.68. The average Bonchev–Trinajstić information content (AvgIpc) is 2.00. The first-order chi connectivity index (χ1) is 5.54. The van der Waals surface area contributed by atoms with Gasteiger partial charge in [-0.15, -0.1) is 0 Å². The van der Waals surface area contributed by atoms with Crippen molar-refractivity contribution in [3.8, 4) is 0 Å². The molecule has 0 aliphatic heterocycles. The fourth-order valence-corrected chi connectivity index (χ4v) is 1.96. The predicted molar refractivity (Wildman–Crippen MR) is 50.8 cm³/mol. The summed E-state index contributed by atoms with van der Waals surface area (Å²) in [5.74, 6) is 0. The van der Waals surface area contributed by atoms with Crippen LogP contribution in [0.2, 0.25) is 0 Å². The van der Waals surface area contributed by atoms with E-state index in [9.17, 15) is 8.76 Å². The summed E-state index contributed by atoms with van der Waals surface area (Å²) in [6, 6.07) is 3.34. The molecule has 66 valence electrons. The van der Waals surface area contributed by atoms with Crippen molar-refractivity contribution in [1.82, 2.24) is 0 Å². The van der Waals surface area contributed by atoms with Crippen molar-refractivity contribution in [2.45, 2.75) is 18.7 Å². The van der Waals surface area contributed by atoms with Crippen LogP contribution in [0.25, 0.3) is 0 Å². The van der Waals surface area contributed by atoms with Crippen LogP contribution in [0, 0.1) is 13.8 Å². The van der Waals surface area contributed by atoms with Gasteiger partial charge >= 0.3 is 0 Å². The first-order valence-electron chi connectivity index (χ1n) is 3.39. The van der Waals surface area contributed by atoms with Gasteiger partial charge in [0.1, 0.15) is 0 Å². The zero-order valence-corrected chi connectivity index (χ0v) is 9.16. The smallest absolute Gasteiger partial charge is 0.0281 e. The molecule has 0 spiro atoms. The summed E-state index contributed by atoms with van der Waals surface area (Å²) in [5, 5.41) is 0. The van der Waals surface area contributed by atoms with E-state index in [-0.39, 0.29) is 0 Å². The Morgan fingerprint density at radius 1 is 1.33 bits per heavy atom. The van der Waals surface area contributed by atoms with Crippen molar-refractivity contribution in [2.75, 3.05) is 0 Å². The molecule has 0 aliphatic rings. The van der Waals surface area contributed by atoms with Crippen molar-refractivity contribution in [1.29, 1.82) is 0 Å². The SMILES string of the molecule is Cc1c(Br)ccc(S(=O)[O-])c1C. The Balaban J connectivity index is 3.36. The van der Waals surface area contributed by atoms with Crippen molar-refractivity contribution in [3.05, 3.63) is 27.7 Å². The number of benzene rings is 1. The Bertz CT molecular complexity index is 336. The third-order valence-corrected chi connectivity index (χ3v) is 3.51. The van der Waals surface area contributed by atoms with Crippen LogP contribution in [0.1, 0.15) is 11.1 Å². The molecule has 12 heavy (non-hydrogen) atoms. The van der Waals surface area contributed by atoms with Gasteiger partial charge in [-0.25, -0.2) is 0 Å². The molecule has 0 aliphatic carbocycles. The van der Waals surface area contributed by atoms with Gasteiger partial charge in [0.25, 0.3) is 0 Å². The lowest BCUT2D eigenvalue weighted by molar-refractivity contribution is 0.536. The summed E-state index contributed by atoms with van der Waals surface area (Å²) >= 11 is 1.20. The Labute approximate surface area is 82.4 Å². The van der Waals surface area contributed by atoms with Crippen molar-refractivity contribution in [3.63, 3.8) is 0 Å². The fraction of sp³-hybridized carbons (Fsp3) is 0.250. The van der Waals surface area contributed by atoms with Crippen LogP contribution in [0.15, 0.2) is 21.5 Å². The van der Waals surface area contributed by atoms with Crippen LogP contribution < -0.4 is 0 Å². The Hall–Kier alpha value is -0.190. The Morgan fingerprint density at radius 2 is 1.92 bits per heavy atom. The summed E-state index contributed by atoms with van der Waals surface area (Å²) < 4.78 is 22.3. The maximum Gasteiger partial charge on any atom is 0.0281 e. The molecule has 0 fully saturated rings. The van der Waals surface area contributed by atoms with Gasteiger partial charge in [0.15, 0.2) is 0 Å². The highest BCUT2D eigenvalue weighted by Gasteiger charge is 2.03. The number of hydrogen-bond donors (Lipinski definition) is 0. The van der Waals surface area contributed by atoms with Gasteiger partial charge in [-0.2, -0.15) is 0 Å². The lowest BCUT2D eigenvalue weighted by Gasteiger charge is -2.11. The van der Waals surface area contributed by atoms with Gasteiger partial charge in [0.05, 0.1) is 0 Å². The van der Waals surface area contributed by atoms with Crippen molar-refractivity contribution in [2.24, 2.45) is 0 Å². The summed E-state index contributed by atoms with van der Waals surface area (Å²) in [7, 11) is 0. The van der Waals surface area contributed by atoms with E-state index in [2.05, 4.69) is 15.9 Å². The molecule has 0 heterocycles. The maximum absolute atomic E-state index is 10.7. The zero-order valence-electron chi connectivity index (χ0n) is 6.76. The minimum absolute atomic E-state index is 0.371. The Morgan fingerprint density at radius 3 is 2.42 bits per heavy atom. The first-order valence-corrected chi connectivity index (χ1v) is 5.26. The molecule has 1 aromatic rings. The molecule has 1 unspecified atom stereocenters. The molecule has 0 saturated heterocycles. The highest BCUT2D eigenvalue weighted by molar-refractivity contribution is 9.10. The number of rotatable bonds is 1. The molecule has 1 aromatic carbocycles.